The Morgan fingerprint density at radius 2 is 1.63 bits per heavy atom. The molecule has 2 saturated heterocycles. The van der Waals surface area contributed by atoms with Crippen LogP contribution in [0.4, 0.5) is 18.0 Å². The number of amides is 1. The molecule has 2 unspecified atom stereocenters. The van der Waals surface area contributed by atoms with E-state index in [-0.39, 0.29) is 43.0 Å². The maximum absolute atomic E-state index is 13.6. The number of fused-ring (bicyclic) bond motifs is 5. The van der Waals surface area contributed by atoms with Crippen molar-refractivity contribution < 1.29 is 32.5 Å². The van der Waals surface area contributed by atoms with Gasteiger partial charge in [-0.25, -0.2) is 9.78 Å². The molecule has 198 valence electrons. The number of carbonyl (C=O) groups is 1. The van der Waals surface area contributed by atoms with Crippen LogP contribution >= 0.6 is 0 Å². The number of rotatable bonds is 4. The molecule has 1 aliphatic carbocycles. The van der Waals surface area contributed by atoms with Crippen molar-refractivity contribution in [1.29, 1.82) is 0 Å². The number of alkyl halides is 3. The molecule has 2 bridgehead atoms. The molecule has 1 aromatic heterocycles. The number of aliphatic hydroxyl groups is 1. The first-order valence-corrected chi connectivity index (χ1v) is 12.7. The largest absolute Gasteiger partial charge is 0.481 e. The summed E-state index contributed by atoms with van der Waals surface area (Å²) in [5.41, 5.74) is 2.02. The highest BCUT2D eigenvalue weighted by atomic mass is 19.4. The number of carbonyl (C=O) groups excluding carboxylic acids is 1. The van der Waals surface area contributed by atoms with Crippen LogP contribution in [-0.4, -0.2) is 46.9 Å². The monoisotopic (exact) mass is 524 g/mol. The van der Waals surface area contributed by atoms with Crippen LogP contribution in [0.1, 0.15) is 53.9 Å². The third-order valence-electron chi connectivity index (χ3n) is 8.20. The van der Waals surface area contributed by atoms with Crippen molar-refractivity contribution in [2.75, 3.05) is 13.7 Å². The molecule has 3 aliphatic rings. The number of hydrogen-bond donors (Lipinski definition) is 1. The van der Waals surface area contributed by atoms with E-state index in [1.807, 2.05) is 24.3 Å². The summed E-state index contributed by atoms with van der Waals surface area (Å²) in [5.74, 6) is -0.610. The van der Waals surface area contributed by atoms with Gasteiger partial charge in [-0.05, 0) is 41.2 Å². The molecule has 3 aromatic rings. The molecular weight excluding hydrogens is 497 g/mol. The Bertz CT molecular complexity index is 1330. The Hall–Kier alpha value is -3.59. The van der Waals surface area contributed by atoms with E-state index >= 15 is 0 Å². The van der Waals surface area contributed by atoms with E-state index in [9.17, 15) is 23.1 Å². The third-order valence-corrected chi connectivity index (χ3v) is 8.20. The van der Waals surface area contributed by atoms with Gasteiger partial charge < -0.3 is 19.5 Å². The Morgan fingerprint density at radius 1 is 1.05 bits per heavy atom. The lowest BCUT2D eigenvalue weighted by Crippen LogP contribution is -2.52. The molecule has 3 heterocycles. The van der Waals surface area contributed by atoms with Gasteiger partial charge in [0, 0.05) is 42.6 Å². The van der Waals surface area contributed by atoms with Crippen molar-refractivity contribution in [1.82, 2.24) is 9.88 Å². The molecular formula is C29H27F3N2O4. The molecule has 1 N–H and O–H groups in total. The second-order valence-electron chi connectivity index (χ2n) is 10.3. The Balaban J connectivity index is 1.19. The lowest BCUT2D eigenvalue weighted by atomic mass is 9.81. The fourth-order valence-electron chi connectivity index (χ4n) is 6.50. The van der Waals surface area contributed by atoms with Crippen LogP contribution in [0.2, 0.25) is 0 Å². The molecule has 6 nitrogen and oxygen atoms in total. The number of benzene rings is 2. The zero-order valence-corrected chi connectivity index (χ0v) is 20.7. The van der Waals surface area contributed by atoms with Crippen LogP contribution in [-0.2, 0) is 16.5 Å². The molecule has 2 aliphatic heterocycles. The molecule has 38 heavy (non-hydrogen) atoms. The van der Waals surface area contributed by atoms with Crippen LogP contribution in [0.5, 0.6) is 5.88 Å². The highest BCUT2D eigenvalue weighted by Gasteiger charge is 2.51. The summed E-state index contributed by atoms with van der Waals surface area (Å²) in [4.78, 5) is 18.8. The average molecular weight is 525 g/mol. The predicted octanol–water partition coefficient (Wildman–Crippen LogP) is 5.87. The van der Waals surface area contributed by atoms with Crippen molar-refractivity contribution in [2.45, 2.75) is 55.5 Å². The minimum Gasteiger partial charge on any atom is -0.481 e. The fourth-order valence-corrected chi connectivity index (χ4v) is 6.50. The van der Waals surface area contributed by atoms with Crippen molar-refractivity contribution in [2.24, 2.45) is 0 Å². The summed E-state index contributed by atoms with van der Waals surface area (Å²) in [7, 11) is 1.12. The Kier molecular flexibility index (Phi) is 5.86. The first-order valence-electron chi connectivity index (χ1n) is 12.7. The number of halogens is 3. The highest BCUT2D eigenvalue weighted by Crippen LogP contribution is 2.48. The van der Waals surface area contributed by atoms with Crippen molar-refractivity contribution in [3.8, 4) is 17.0 Å². The van der Waals surface area contributed by atoms with Crippen LogP contribution in [0.15, 0.2) is 60.8 Å². The van der Waals surface area contributed by atoms with Crippen molar-refractivity contribution >= 4 is 6.09 Å². The summed E-state index contributed by atoms with van der Waals surface area (Å²) >= 11 is 0. The van der Waals surface area contributed by atoms with Crippen LogP contribution in [0, 0.1) is 0 Å². The zero-order valence-electron chi connectivity index (χ0n) is 20.7. The van der Waals surface area contributed by atoms with Crippen molar-refractivity contribution in [3.05, 3.63) is 83.0 Å². The van der Waals surface area contributed by atoms with E-state index in [0.29, 0.717) is 12.8 Å². The van der Waals surface area contributed by atoms with Gasteiger partial charge in [0.15, 0.2) is 0 Å². The SMILES string of the molecule is COc1ncc(C2(O)CC3CCC(C2)N3C(=O)OCC2c3ccccc3-c3ccccc32)cc1C(F)(F)F. The molecule has 2 atom stereocenters. The van der Waals surface area contributed by atoms with Gasteiger partial charge in [0.1, 0.15) is 12.2 Å². The van der Waals surface area contributed by atoms with Gasteiger partial charge in [-0.3, -0.25) is 0 Å². The summed E-state index contributed by atoms with van der Waals surface area (Å²) < 4.78 is 51.3. The van der Waals surface area contributed by atoms with Crippen LogP contribution in [0.3, 0.4) is 0 Å². The summed E-state index contributed by atoms with van der Waals surface area (Å²) in [6.45, 7) is 0.185. The Labute approximate surface area is 218 Å². The van der Waals surface area contributed by atoms with E-state index < -0.39 is 29.3 Å². The topological polar surface area (TPSA) is 71.9 Å². The minimum absolute atomic E-state index is 0.0723. The molecule has 2 aromatic carbocycles. The number of ether oxygens (including phenoxy) is 2. The quantitative estimate of drug-likeness (QED) is 0.462. The number of methoxy groups -OCH3 is 1. The number of aromatic nitrogens is 1. The maximum atomic E-state index is 13.6. The van der Waals surface area contributed by atoms with Gasteiger partial charge in [0.25, 0.3) is 0 Å². The van der Waals surface area contributed by atoms with E-state index in [1.54, 1.807) is 4.90 Å². The van der Waals surface area contributed by atoms with Gasteiger partial charge in [-0.1, -0.05) is 48.5 Å². The normalized spacial score (nSPS) is 24.2. The van der Waals surface area contributed by atoms with E-state index in [1.165, 1.54) is 6.20 Å². The van der Waals surface area contributed by atoms with E-state index in [0.717, 1.165) is 35.4 Å². The molecule has 1 amide bonds. The number of nitrogens with zero attached hydrogens (tertiary/aromatic N) is 2. The first kappa shape index (κ1) is 24.7. The highest BCUT2D eigenvalue weighted by molar-refractivity contribution is 5.79. The lowest BCUT2D eigenvalue weighted by Gasteiger charge is -2.43. The standard InChI is InChI=1S/C29H27F3N2O4/c1-37-26-25(29(30,31)32)12-17(15-33-26)28(36)13-18-10-11-19(14-28)34(18)27(35)38-16-24-22-8-4-2-6-20(22)21-7-3-5-9-23(21)24/h2-9,12,15,18-19,24,36H,10-11,13-14,16H2,1H3. The van der Waals surface area contributed by atoms with Gasteiger partial charge in [0.2, 0.25) is 5.88 Å². The average Bonchev–Trinajstić information content (AvgIpc) is 3.38. The fraction of sp³-hybridized carbons (Fsp3) is 0.379. The molecule has 0 radical (unpaired) electrons. The van der Waals surface area contributed by atoms with E-state index in [4.69, 9.17) is 9.47 Å². The van der Waals surface area contributed by atoms with Crippen molar-refractivity contribution in [3.63, 3.8) is 0 Å². The predicted molar refractivity (Wildman–Crippen MR) is 133 cm³/mol. The summed E-state index contributed by atoms with van der Waals surface area (Å²) in [6.07, 6.45) is -2.38. The maximum Gasteiger partial charge on any atom is 0.421 e. The second kappa shape index (κ2) is 9.01. The van der Waals surface area contributed by atoms with Gasteiger partial charge in [-0.2, -0.15) is 13.2 Å². The van der Waals surface area contributed by atoms with E-state index in [2.05, 4.69) is 29.2 Å². The zero-order chi connectivity index (χ0) is 26.7. The van der Waals surface area contributed by atoms with Gasteiger partial charge in [0.05, 0.1) is 12.7 Å². The molecule has 0 spiro atoms. The second-order valence-corrected chi connectivity index (χ2v) is 10.3. The smallest absolute Gasteiger partial charge is 0.421 e. The molecule has 6 rings (SSSR count). The van der Waals surface area contributed by atoms with Crippen LogP contribution < -0.4 is 4.74 Å². The Morgan fingerprint density at radius 3 is 2.18 bits per heavy atom. The lowest BCUT2D eigenvalue weighted by molar-refractivity contribution is -0.139. The van der Waals surface area contributed by atoms with Gasteiger partial charge >= 0.3 is 12.3 Å². The molecule has 0 saturated carbocycles. The molecule has 2 fully saturated rings. The first-order chi connectivity index (χ1) is 18.2. The number of piperidine rings is 1. The minimum atomic E-state index is -4.67. The van der Waals surface area contributed by atoms with Gasteiger partial charge in [-0.15, -0.1) is 0 Å². The third kappa shape index (κ3) is 4.00. The summed E-state index contributed by atoms with van der Waals surface area (Å²) in [5, 5.41) is 11.5. The van der Waals surface area contributed by atoms with Crippen LogP contribution in [0.25, 0.3) is 11.1 Å². The number of pyridine rings is 1. The summed E-state index contributed by atoms with van der Waals surface area (Å²) in [6, 6.07) is 16.4. The number of hydrogen-bond acceptors (Lipinski definition) is 5. The molecule has 9 heteroatoms.